The van der Waals surface area contributed by atoms with Crippen LogP contribution in [0.5, 0.6) is 5.75 Å². The van der Waals surface area contributed by atoms with Crippen LogP contribution in [0.4, 0.5) is 5.69 Å². The standard InChI is InChI=1S/C19H23ClN2O/c1-21(2)12-11-17(14-5-8-16(20)9-6-14)15-7-10-19(23)18(13-15)22(3)4/h5-11,13,23H,12H2,1-4H3/b17-11+. The van der Waals surface area contributed by atoms with Crippen molar-refractivity contribution in [1.29, 1.82) is 0 Å². The number of phenolic OH excluding ortho intramolecular Hbond substituents is 1. The van der Waals surface area contributed by atoms with Gasteiger partial charge in [-0.25, -0.2) is 0 Å². The molecule has 1 N–H and O–H groups in total. The van der Waals surface area contributed by atoms with Crippen LogP contribution in [0.15, 0.2) is 48.5 Å². The first-order chi connectivity index (χ1) is 10.9. The van der Waals surface area contributed by atoms with Gasteiger partial charge < -0.3 is 14.9 Å². The highest BCUT2D eigenvalue weighted by atomic mass is 35.5. The molecule has 23 heavy (non-hydrogen) atoms. The van der Waals surface area contributed by atoms with Crippen molar-refractivity contribution in [2.75, 3.05) is 39.6 Å². The molecule has 0 saturated heterocycles. The molecule has 0 aliphatic carbocycles. The van der Waals surface area contributed by atoms with Gasteiger partial charge in [0.05, 0.1) is 5.69 Å². The van der Waals surface area contributed by atoms with E-state index in [2.05, 4.69) is 11.0 Å². The van der Waals surface area contributed by atoms with E-state index in [4.69, 9.17) is 11.6 Å². The lowest BCUT2D eigenvalue weighted by atomic mass is 9.96. The van der Waals surface area contributed by atoms with Crippen LogP contribution in [0, 0.1) is 0 Å². The van der Waals surface area contributed by atoms with E-state index < -0.39 is 0 Å². The molecule has 4 heteroatoms. The lowest BCUT2D eigenvalue weighted by molar-refractivity contribution is 0.457. The van der Waals surface area contributed by atoms with E-state index in [0.29, 0.717) is 0 Å². The Morgan fingerprint density at radius 1 is 1.00 bits per heavy atom. The number of likely N-dealkylation sites (N-methyl/N-ethyl adjacent to an activating group) is 1. The van der Waals surface area contributed by atoms with Gasteiger partial charge in [-0.05, 0) is 55.1 Å². The maximum atomic E-state index is 10.0. The first-order valence-electron chi connectivity index (χ1n) is 7.50. The molecule has 122 valence electrons. The Bertz CT molecular complexity index is 691. The van der Waals surface area contributed by atoms with Gasteiger partial charge in [0.1, 0.15) is 5.75 Å². The van der Waals surface area contributed by atoms with Crippen LogP contribution < -0.4 is 4.90 Å². The summed E-state index contributed by atoms with van der Waals surface area (Å²) in [5, 5.41) is 10.7. The first kappa shape index (κ1) is 17.4. The van der Waals surface area contributed by atoms with Gasteiger partial charge in [-0.2, -0.15) is 0 Å². The molecule has 2 rings (SSSR count). The number of anilines is 1. The summed E-state index contributed by atoms with van der Waals surface area (Å²) >= 11 is 6.01. The average Bonchev–Trinajstić information content (AvgIpc) is 2.50. The summed E-state index contributed by atoms with van der Waals surface area (Å²) in [6.45, 7) is 0.829. The molecule has 3 nitrogen and oxygen atoms in total. The third kappa shape index (κ3) is 4.50. The molecular weight excluding hydrogens is 308 g/mol. The fourth-order valence-electron chi connectivity index (χ4n) is 2.35. The SMILES string of the molecule is CN(C)C/C=C(\c1ccc(Cl)cc1)c1ccc(O)c(N(C)C)c1. The summed E-state index contributed by atoms with van der Waals surface area (Å²) in [5.74, 6) is 0.279. The highest BCUT2D eigenvalue weighted by Crippen LogP contribution is 2.32. The molecule has 0 fully saturated rings. The number of nitrogens with zero attached hydrogens (tertiary/aromatic N) is 2. The van der Waals surface area contributed by atoms with Crippen LogP contribution in [-0.2, 0) is 0 Å². The van der Waals surface area contributed by atoms with Gasteiger partial charge in [0.25, 0.3) is 0 Å². The van der Waals surface area contributed by atoms with Crippen molar-refractivity contribution in [3.05, 3.63) is 64.7 Å². The molecule has 0 aliphatic rings. The molecule has 0 heterocycles. The summed E-state index contributed by atoms with van der Waals surface area (Å²) in [7, 11) is 7.92. The summed E-state index contributed by atoms with van der Waals surface area (Å²) in [4.78, 5) is 4.02. The lowest BCUT2D eigenvalue weighted by Crippen LogP contribution is -2.11. The Morgan fingerprint density at radius 3 is 2.17 bits per heavy atom. The van der Waals surface area contributed by atoms with Gasteiger partial charge >= 0.3 is 0 Å². The minimum atomic E-state index is 0.279. The zero-order valence-electron chi connectivity index (χ0n) is 14.0. The normalized spacial score (nSPS) is 11.8. The Kier molecular flexibility index (Phi) is 5.69. The van der Waals surface area contributed by atoms with Crippen LogP contribution in [0.25, 0.3) is 5.57 Å². The summed E-state index contributed by atoms with van der Waals surface area (Å²) < 4.78 is 0. The molecule has 2 aromatic carbocycles. The van der Waals surface area contributed by atoms with Crippen LogP contribution >= 0.6 is 11.6 Å². The predicted molar refractivity (Wildman–Crippen MR) is 99.5 cm³/mol. The maximum Gasteiger partial charge on any atom is 0.138 e. The summed E-state index contributed by atoms with van der Waals surface area (Å²) in [5.41, 5.74) is 4.09. The van der Waals surface area contributed by atoms with E-state index >= 15 is 0 Å². The Hall–Kier alpha value is -1.97. The highest BCUT2D eigenvalue weighted by Gasteiger charge is 2.10. The number of rotatable bonds is 5. The second kappa shape index (κ2) is 7.53. The van der Waals surface area contributed by atoms with Crippen molar-refractivity contribution in [3.63, 3.8) is 0 Å². The molecule has 0 saturated carbocycles. The van der Waals surface area contributed by atoms with Gasteiger partial charge in [0.15, 0.2) is 0 Å². The Labute approximate surface area is 143 Å². The van der Waals surface area contributed by atoms with Gasteiger partial charge in [0.2, 0.25) is 0 Å². The summed E-state index contributed by atoms with van der Waals surface area (Å²) in [6.07, 6.45) is 2.19. The van der Waals surface area contributed by atoms with Crippen LogP contribution in [-0.4, -0.2) is 44.7 Å². The number of aromatic hydroxyl groups is 1. The van der Waals surface area contributed by atoms with E-state index in [9.17, 15) is 5.11 Å². The Balaban J connectivity index is 2.51. The smallest absolute Gasteiger partial charge is 0.138 e. The van der Waals surface area contributed by atoms with Crippen molar-refractivity contribution in [2.45, 2.75) is 0 Å². The van der Waals surface area contributed by atoms with Crippen molar-refractivity contribution < 1.29 is 5.11 Å². The topological polar surface area (TPSA) is 26.7 Å². The largest absolute Gasteiger partial charge is 0.506 e. The number of hydrogen-bond donors (Lipinski definition) is 1. The molecule has 0 atom stereocenters. The zero-order valence-corrected chi connectivity index (χ0v) is 14.8. The van der Waals surface area contributed by atoms with Gasteiger partial charge in [-0.3, -0.25) is 0 Å². The van der Waals surface area contributed by atoms with Crippen LogP contribution in [0.3, 0.4) is 0 Å². The molecule has 0 amide bonds. The molecule has 0 aliphatic heterocycles. The molecule has 2 aromatic rings. The lowest BCUT2D eigenvalue weighted by Gasteiger charge is -2.17. The third-order valence-electron chi connectivity index (χ3n) is 3.58. The van der Waals surface area contributed by atoms with E-state index in [1.165, 1.54) is 0 Å². The molecule has 0 unspecified atom stereocenters. The number of hydrogen-bond acceptors (Lipinski definition) is 3. The van der Waals surface area contributed by atoms with Crippen molar-refractivity contribution in [1.82, 2.24) is 4.90 Å². The molecular formula is C19H23ClN2O. The van der Waals surface area contributed by atoms with E-state index in [0.717, 1.165) is 34.0 Å². The van der Waals surface area contributed by atoms with E-state index in [-0.39, 0.29) is 5.75 Å². The highest BCUT2D eigenvalue weighted by molar-refractivity contribution is 6.30. The van der Waals surface area contributed by atoms with E-state index in [1.807, 2.05) is 69.5 Å². The summed E-state index contributed by atoms with van der Waals surface area (Å²) in [6, 6.07) is 13.5. The van der Waals surface area contributed by atoms with Crippen LogP contribution in [0.1, 0.15) is 11.1 Å². The number of benzene rings is 2. The second-order valence-electron chi connectivity index (χ2n) is 5.98. The first-order valence-corrected chi connectivity index (χ1v) is 7.88. The quantitative estimate of drug-likeness (QED) is 0.894. The van der Waals surface area contributed by atoms with Gasteiger partial charge in [-0.15, -0.1) is 0 Å². The van der Waals surface area contributed by atoms with Crippen LogP contribution in [0.2, 0.25) is 5.02 Å². The zero-order chi connectivity index (χ0) is 17.0. The Morgan fingerprint density at radius 2 is 1.61 bits per heavy atom. The second-order valence-corrected chi connectivity index (χ2v) is 6.42. The minimum Gasteiger partial charge on any atom is -0.506 e. The predicted octanol–water partition coefficient (Wildman–Crippen LogP) is 4.10. The number of halogens is 1. The van der Waals surface area contributed by atoms with Crippen molar-refractivity contribution >= 4 is 22.9 Å². The van der Waals surface area contributed by atoms with Crippen molar-refractivity contribution in [2.24, 2.45) is 0 Å². The molecule has 0 spiro atoms. The monoisotopic (exact) mass is 330 g/mol. The fraction of sp³-hybridized carbons (Fsp3) is 0.263. The maximum absolute atomic E-state index is 10.0. The van der Waals surface area contributed by atoms with Gasteiger partial charge in [-0.1, -0.05) is 35.9 Å². The number of phenols is 1. The fourth-order valence-corrected chi connectivity index (χ4v) is 2.48. The molecule has 0 radical (unpaired) electrons. The van der Waals surface area contributed by atoms with E-state index in [1.54, 1.807) is 6.07 Å². The molecule has 0 aromatic heterocycles. The average molecular weight is 331 g/mol. The minimum absolute atomic E-state index is 0.279. The molecule has 0 bridgehead atoms. The van der Waals surface area contributed by atoms with Gasteiger partial charge in [0, 0.05) is 25.7 Å². The third-order valence-corrected chi connectivity index (χ3v) is 3.84. The van der Waals surface area contributed by atoms with Crippen molar-refractivity contribution in [3.8, 4) is 5.75 Å².